The third-order valence-electron chi connectivity index (χ3n) is 6.07. The lowest BCUT2D eigenvalue weighted by Gasteiger charge is -2.25. The zero-order valence-electron chi connectivity index (χ0n) is 18.3. The fourth-order valence-electron chi connectivity index (χ4n) is 4.39. The quantitative estimate of drug-likeness (QED) is 0.313. The molecule has 2 heterocycles. The molecule has 1 aliphatic rings. The van der Waals surface area contributed by atoms with Crippen molar-refractivity contribution in [2.45, 2.75) is 12.5 Å². The first-order valence-corrected chi connectivity index (χ1v) is 10.7. The van der Waals surface area contributed by atoms with Crippen LogP contribution in [0.5, 0.6) is 5.75 Å². The number of rotatable bonds is 6. The smallest absolute Gasteiger partial charge is 0.290 e. The van der Waals surface area contributed by atoms with E-state index in [1.54, 1.807) is 48.4 Å². The Morgan fingerprint density at radius 2 is 1.79 bits per heavy atom. The minimum atomic E-state index is -0.790. The second kappa shape index (κ2) is 8.47. The van der Waals surface area contributed by atoms with E-state index in [0.29, 0.717) is 29.5 Å². The average molecular weight is 456 g/mol. The van der Waals surface area contributed by atoms with Crippen LogP contribution in [0.3, 0.4) is 0 Å². The molecule has 8 heteroatoms. The summed E-state index contributed by atoms with van der Waals surface area (Å²) in [6.07, 6.45) is 0.517. The number of methoxy groups -OCH3 is 1. The number of benzene rings is 3. The zero-order valence-corrected chi connectivity index (χ0v) is 18.3. The van der Waals surface area contributed by atoms with Gasteiger partial charge in [-0.3, -0.25) is 19.7 Å². The van der Waals surface area contributed by atoms with Gasteiger partial charge in [-0.2, -0.15) is 0 Å². The van der Waals surface area contributed by atoms with Crippen LogP contribution in [0.15, 0.2) is 82.0 Å². The van der Waals surface area contributed by atoms with E-state index < -0.39 is 16.9 Å². The van der Waals surface area contributed by atoms with Crippen LogP contribution in [-0.2, 0) is 6.42 Å². The van der Waals surface area contributed by atoms with Gasteiger partial charge in [-0.15, -0.1) is 0 Å². The number of hydrogen-bond acceptors (Lipinski definition) is 6. The summed E-state index contributed by atoms with van der Waals surface area (Å²) in [5.74, 6) is 0.294. The molecule has 1 atom stereocenters. The number of non-ortho nitro benzene ring substituents is 1. The molecule has 0 radical (unpaired) electrons. The lowest BCUT2D eigenvalue weighted by molar-refractivity contribution is -0.384. The molecule has 170 valence electrons. The average Bonchev–Trinajstić information content (AvgIpc) is 3.15. The van der Waals surface area contributed by atoms with Crippen LogP contribution in [0.1, 0.15) is 33.3 Å². The molecule has 0 N–H and O–H groups in total. The summed E-state index contributed by atoms with van der Waals surface area (Å²) in [7, 11) is 1.59. The summed E-state index contributed by atoms with van der Waals surface area (Å²) < 4.78 is 11.1. The molecule has 0 fully saturated rings. The molecule has 0 saturated carbocycles. The number of nitro benzene ring substituents is 1. The lowest BCUT2D eigenvalue weighted by atomic mass is 9.98. The standard InChI is InChI=1S/C26H20N2O6/c1-33-19-11-9-16(10-12-19)13-14-27-23(17-5-4-6-18(15-17)28(31)32)22-24(29)20-7-2-3-8-21(20)34-25(22)26(27)30/h2-12,15,23H,13-14H2,1H3/t23-/m0/s1. The fraction of sp³-hybridized carbons (Fsp3) is 0.154. The van der Waals surface area contributed by atoms with Gasteiger partial charge in [0.2, 0.25) is 5.76 Å². The topological polar surface area (TPSA) is 103 Å². The normalized spacial score (nSPS) is 14.9. The SMILES string of the molecule is COc1ccc(CCN2C(=O)c3oc4ccccc4c(=O)c3[C@@H]2c2cccc([N+](=O)[O-])c2)cc1. The van der Waals surface area contributed by atoms with E-state index in [1.165, 1.54) is 12.1 Å². The largest absolute Gasteiger partial charge is 0.497 e. The fourth-order valence-corrected chi connectivity index (χ4v) is 4.39. The molecule has 1 aliphatic heterocycles. The first-order valence-electron chi connectivity index (χ1n) is 10.7. The predicted molar refractivity (Wildman–Crippen MR) is 125 cm³/mol. The summed E-state index contributed by atoms with van der Waals surface area (Å²) in [4.78, 5) is 39.4. The molecule has 1 aromatic heterocycles. The molecular formula is C26H20N2O6. The van der Waals surface area contributed by atoms with Crippen LogP contribution in [0.2, 0.25) is 0 Å². The Hall–Kier alpha value is -4.46. The number of nitrogens with zero attached hydrogens (tertiary/aromatic N) is 2. The van der Waals surface area contributed by atoms with E-state index in [4.69, 9.17) is 9.15 Å². The van der Waals surface area contributed by atoms with Crippen molar-refractivity contribution in [2.24, 2.45) is 0 Å². The summed E-state index contributed by atoms with van der Waals surface area (Å²) in [5, 5.41) is 11.8. The Morgan fingerprint density at radius 1 is 1.03 bits per heavy atom. The number of nitro groups is 1. The lowest BCUT2D eigenvalue weighted by Crippen LogP contribution is -2.31. The van der Waals surface area contributed by atoms with Crippen LogP contribution in [-0.4, -0.2) is 29.4 Å². The van der Waals surface area contributed by atoms with E-state index >= 15 is 0 Å². The van der Waals surface area contributed by atoms with Crippen LogP contribution < -0.4 is 10.2 Å². The van der Waals surface area contributed by atoms with E-state index in [2.05, 4.69) is 0 Å². The number of amides is 1. The minimum Gasteiger partial charge on any atom is -0.497 e. The van der Waals surface area contributed by atoms with Gasteiger partial charge in [0.15, 0.2) is 5.43 Å². The Balaban J connectivity index is 1.61. The van der Waals surface area contributed by atoms with E-state index in [0.717, 1.165) is 11.3 Å². The summed E-state index contributed by atoms with van der Waals surface area (Å²) in [6, 6.07) is 19.5. The van der Waals surface area contributed by atoms with Crippen LogP contribution in [0.25, 0.3) is 11.0 Å². The highest BCUT2D eigenvalue weighted by atomic mass is 16.6. The van der Waals surface area contributed by atoms with Gasteiger partial charge < -0.3 is 14.1 Å². The molecule has 1 amide bonds. The number of hydrogen-bond donors (Lipinski definition) is 0. The van der Waals surface area contributed by atoms with Crippen LogP contribution in [0, 0.1) is 10.1 Å². The first kappa shape index (κ1) is 21.4. The van der Waals surface area contributed by atoms with Gasteiger partial charge in [0.25, 0.3) is 11.6 Å². The summed E-state index contributed by atoms with van der Waals surface area (Å²) >= 11 is 0. The van der Waals surface area contributed by atoms with E-state index in [-0.39, 0.29) is 22.4 Å². The Morgan fingerprint density at radius 3 is 2.53 bits per heavy atom. The molecule has 3 aromatic carbocycles. The van der Waals surface area contributed by atoms with Gasteiger partial charge in [-0.25, -0.2) is 0 Å². The Labute approximate surface area is 194 Å². The second-order valence-corrected chi connectivity index (χ2v) is 8.02. The first-order chi connectivity index (χ1) is 16.5. The van der Waals surface area contributed by atoms with Crippen LogP contribution >= 0.6 is 0 Å². The molecule has 0 aliphatic carbocycles. The zero-order chi connectivity index (χ0) is 23.8. The molecule has 0 unspecified atom stereocenters. The van der Waals surface area contributed by atoms with Crippen molar-refractivity contribution in [1.82, 2.24) is 4.90 Å². The Kier molecular flexibility index (Phi) is 5.33. The molecule has 0 saturated heterocycles. The highest BCUT2D eigenvalue weighted by Crippen LogP contribution is 2.39. The van der Waals surface area contributed by atoms with Crippen molar-refractivity contribution < 1.29 is 18.9 Å². The second-order valence-electron chi connectivity index (χ2n) is 8.02. The third kappa shape index (κ3) is 3.59. The van der Waals surface area contributed by atoms with Gasteiger partial charge in [0, 0.05) is 18.7 Å². The predicted octanol–water partition coefficient (Wildman–Crippen LogP) is 4.50. The van der Waals surface area contributed by atoms with Crippen LogP contribution in [0.4, 0.5) is 5.69 Å². The van der Waals surface area contributed by atoms with Crippen molar-refractivity contribution >= 4 is 22.6 Å². The Bertz CT molecular complexity index is 1480. The van der Waals surface area contributed by atoms with E-state index in [1.807, 2.05) is 24.3 Å². The summed E-state index contributed by atoms with van der Waals surface area (Å²) in [6.45, 7) is 0.290. The van der Waals surface area contributed by atoms with E-state index in [9.17, 15) is 19.7 Å². The maximum absolute atomic E-state index is 13.5. The number of para-hydroxylation sites is 1. The highest BCUT2D eigenvalue weighted by molar-refractivity contribution is 5.99. The number of fused-ring (bicyclic) bond motifs is 2. The highest BCUT2D eigenvalue weighted by Gasteiger charge is 2.42. The van der Waals surface area contributed by atoms with Gasteiger partial charge in [0.05, 0.1) is 29.0 Å². The van der Waals surface area contributed by atoms with Crippen molar-refractivity contribution in [3.8, 4) is 5.75 Å². The van der Waals surface area contributed by atoms with Crippen molar-refractivity contribution in [1.29, 1.82) is 0 Å². The molecule has 5 rings (SSSR count). The minimum absolute atomic E-state index is 0.0186. The van der Waals surface area contributed by atoms with Gasteiger partial charge in [0.1, 0.15) is 11.3 Å². The molecular weight excluding hydrogens is 436 g/mol. The monoisotopic (exact) mass is 456 g/mol. The van der Waals surface area contributed by atoms with Crippen molar-refractivity contribution in [2.75, 3.05) is 13.7 Å². The van der Waals surface area contributed by atoms with Crippen molar-refractivity contribution in [3.05, 3.63) is 116 Å². The van der Waals surface area contributed by atoms with Gasteiger partial charge in [-0.05, 0) is 41.8 Å². The van der Waals surface area contributed by atoms with Gasteiger partial charge in [-0.1, -0.05) is 36.4 Å². The number of carbonyl (C=O) groups excluding carboxylic acids is 1. The van der Waals surface area contributed by atoms with Crippen molar-refractivity contribution in [3.63, 3.8) is 0 Å². The maximum atomic E-state index is 13.5. The maximum Gasteiger partial charge on any atom is 0.290 e. The van der Waals surface area contributed by atoms with Gasteiger partial charge >= 0.3 is 0 Å². The molecule has 4 aromatic rings. The molecule has 0 bridgehead atoms. The number of carbonyl (C=O) groups is 1. The number of ether oxygens (including phenoxy) is 1. The summed E-state index contributed by atoms with van der Waals surface area (Å²) in [5.41, 5.74) is 1.58. The molecule has 8 nitrogen and oxygen atoms in total. The molecule has 34 heavy (non-hydrogen) atoms. The molecule has 0 spiro atoms. The third-order valence-corrected chi connectivity index (χ3v) is 6.07.